The number of nitrogens with zero attached hydrogens (tertiary/aromatic N) is 2. The summed E-state index contributed by atoms with van der Waals surface area (Å²) in [7, 11) is 0. The molecule has 0 unspecified atom stereocenters. The number of piperidine rings is 1. The highest BCUT2D eigenvalue weighted by Gasteiger charge is 2.28. The second-order valence-electron chi connectivity index (χ2n) is 5.87. The number of benzene rings is 1. The molecule has 2 amide bonds. The van der Waals surface area contributed by atoms with Crippen LogP contribution in [0.4, 0.5) is 10.5 Å². The molecule has 3 rings (SSSR count). The van der Waals surface area contributed by atoms with Crippen LogP contribution in [0.15, 0.2) is 24.3 Å². The van der Waals surface area contributed by atoms with Crippen molar-refractivity contribution in [2.24, 2.45) is 0 Å². The number of carbonyl (C=O) groups excluding carboxylic acids is 1. The first kappa shape index (κ1) is 13.3. The highest BCUT2D eigenvalue weighted by Crippen LogP contribution is 2.31. The molecular formula is C16H23N3O. The zero-order valence-corrected chi connectivity index (χ0v) is 11.9. The summed E-state index contributed by atoms with van der Waals surface area (Å²) in [6, 6.07) is 8.36. The molecule has 0 radical (unpaired) electrons. The minimum atomic E-state index is 0.238. The number of carbonyl (C=O) groups is 1. The third-order valence-corrected chi connectivity index (χ3v) is 4.58. The van der Waals surface area contributed by atoms with E-state index in [9.17, 15) is 4.79 Å². The van der Waals surface area contributed by atoms with Gasteiger partial charge < -0.3 is 15.5 Å². The van der Waals surface area contributed by atoms with Gasteiger partial charge in [-0.2, -0.15) is 0 Å². The Morgan fingerprint density at radius 3 is 2.25 bits per heavy atom. The predicted octanol–water partition coefficient (Wildman–Crippen LogP) is 2.66. The number of para-hydroxylation sites is 1. The van der Waals surface area contributed by atoms with Crippen LogP contribution in [-0.4, -0.2) is 42.0 Å². The van der Waals surface area contributed by atoms with E-state index < -0.39 is 0 Å². The van der Waals surface area contributed by atoms with Gasteiger partial charge in [0, 0.05) is 31.9 Å². The van der Waals surface area contributed by atoms with E-state index in [1.807, 2.05) is 28.0 Å². The summed E-state index contributed by atoms with van der Waals surface area (Å²) in [6.07, 6.45) is 4.35. The van der Waals surface area contributed by atoms with E-state index in [-0.39, 0.29) is 6.03 Å². The van der Waals surface area contributed by atoms with Gasteiger partial charge in [0.1, 0.15) is 0 Å². The number of likely N-dealkylation sites (tertiary alicyclic amines) is 2. The Bertz CT molecular complexity index is 474. The molecule has 0 saturated carbocycles. The molecule has 20 heavy (non-hydrogen) atoms. The lowest BCUT2D eigenvalue weighted by Gasteiger charge is -2.35. The van der Waals surface area contributed by atoms with Gasteiger partial charge in [0.15, 0.2) is 0 Å². The van der Waals surface area contributed by atoms with Crippen LogP contribution in [0.5, 0.6) is 0 Å². The Hall–Kier alpha value is -1.71. The van der Waals surface area contributed by atoms with Crippen molar-refractivity contribution < 1.29 is 4.79 Å². The summed E-state index contributed by atoms with van der Waals surface area (Å²) in [5.74, 6) is 0.499. The first-order valence-corrected chi connectivity index (χ1v) is 7.64. The molecule has 2 N–H and O–H groups in total. The normalized spacial score (nSPS) is 20.4. The molecule has 4 nitrogen and oxygen atoms in total. The van der Waals surface area contributed by atoms with E-state index in [1.165, 1.54) is 5.56 Å². The number of anilines is 1. The molecular weight excluding hydrogens is 250 g/mol. The molecule has 1 aromatic carbocycles. The largest absolute Gasteiger partial charge is 0.398 e. The number of urea groups is 1. The number of rotatable bonds is 1. The van der Waals surface area contributed by atoms with Crippen LogP contribution < -0.4 is 5.73 Å². The third-order valence-electron chi connectivity index (χ3n) is 4.58. The van der Waals surface area contributed by atoms with E-state index >= 15 is 0 Å². The Morgan fingerprint density at radius 2 is 1.60 bits per heavy atom. The molecule has 0 bridgehead atoms. The maximum absolute atomic E-state index is 12.3. The second-order valence-corrected chi connectivity index (χ2v) is 5.87. The van der Waals surface area contributed by atoms with Gasteiger partial charge in [-0.25, -0.2) is 4.79 Å². The van der Waals surface area contributed by atoms with Crippen molar-refractivity contribution >= 4 is 11.7 Å². The molecule has 2 saturated heterocycles. The summed E-state index contributed by atoms with van der Waals surface area (Å²) in [5, 5.41) is 0. The van der Waals surface area contributed by atoms with Crippen molar-refractivity contribution in [3.8, 4) is 0 Å². The lowest BCUT2D eigenvalue weighted by Crippen LogP contribution is -2.45. The molecule has 1 aromatic rings. The van der Waals surface area contributed by atoms with Gasteiger partial charge in [-0.1, -0.05) is 18.2 Å². The minimum Gasteiger partial charge on any atom is -0.398 e. The number of amides is 2. The fourth-order valence-electron chi connectivity index (χ4n) is 3.37. The number of nitrogen functional groups attached to an aromatic ring is 1. The average Bonchev–Trinajstić information content (AvgIpc) is 3.01. The fourth-order valence-corrected chi connectivity index (χ4v) is 3.37. The minimum absolute atomic E-state index is 0.238. The van der Waals surface area contributed by atoms with Crippen molar-refractivity contribution in [2.45, 2.75) is 31.6 Å². The highest BCUT2D eigenvalue weighted by molar-refractivity contribution is 5.74. The number of nitrogens with two attached hydrogens (primary N) is 1. The predicted molar refractivity (Wildman–Crippen MR) is 80.6 cm³/mol. The Kier molecular flexibility index (Phi) is 3.81. The van der Waals surface area contributed by atoms with Crippen LogP contribution in [0.3, 0.4) is 0 Å². The first-order valence-electron chi connectivity index (χ1n) is 7.64. The van der Waals surface area contributed by atoms with Crippen molar-refractivity contribution in [2.75, 3.05) is 31.9 Å². The SMILES string of the molecule is Nc1ccccc1C1CCN(C(=O)N2CCCC2)CC1. The van der Waals surface area contributed by atoms with Gasteiger partial charge in [-0.05, 0) is 43.2 Å². The maximum Gasteiger partial charge on any atom is 0.319 e. The summed E-state index contributed by atoms with van der Waals surface area (Å²) in [6.45, 7) is 3.58. The second kappa shape index (κ2) is 5.73. The summed E-state index contributed by atoms with van der Waals surface area (Å²) in [5.41, 5.74) is 8.19. The summed E-state index contributed by atoms with van der Waals surface area (Å²) < 4.78 is 0. The Balaban J connectivity index is 1.59. The zero-order chi connectivity index (χ0) is 13.9. The molecule has 2 aliphatic rings. The van der Waals surface area contributed by atoms with E-state index in [1.54, 1.807) is 0 Å². The highest BCUT2D eigenvalue weighted by atomic mass is 16.2. The van der Waals surface area contributed by atoms with Crippen LogP contribution >= 0.6 is 0 Å². The molecule has 4 heteroatoms. The molecule has 2 aliphatic heterocycles. The average molecular weight is 273 g/mol. The monoisotopic (exact) mass is 273 g/mol. The van der Waals surface area contributed by atoms with Crippen LogP contribution in [-0.2, 0) is 0 Å². The van der Waals surface area contributed by atoms with E-state index in [2.05, 4.69) is 6.07 Å². The van der Waals surface area contributed by atoms with Crippen LogP contribution in [0.25, 0.3) is 0 Å². The van der Waals surface area contributed by atoms with Crippen molar-refractivity contribution in [1.29, 1.82) is 0 Å². The Labute approximate surface area is 120 Å². The molecule has 2 fully saturated rings. The van der Waals surface area contributed by atoms with Gasteiger partial charge in [0.2, 0.25) is 0 Å². The van der Waals surface area contributed by atoms with Crippen molar-refractivity contribution in [3.63, 3.8) is 0 Å². The van der Waals surface area contributed by atoms with Crippen LogP contribution in [0, 0.1) is 0 Å². The summed E-state index contributed by atoms with van der Waals surface area (Å²) in [4.78, 5) is 16.3. The van der Waals surface area contributed by atoms with Crippen molar-refractivity contribution in [1.82, 2.24) is 9.80 Å². The smallest absolute Gasteiger partial charge is 0.319 e. The Morgan fingerprint density at radius 1 is 1.00 bits per heavy atom. The lowest BCUT2D eigenvalue weighted by molar-refractivity contribution is 0.148. The van der Waals surface area contributed by atoms with Gasteiger partial charge in [-0.3, -0.25) is 0 Å². The standard InChI is InChI=1S/C16H23N3O/c17-15-6-2-1-5-14(15)13-7-11-19(12-8-13)16(20)18-9-3-4-10-18/h1-2,5-6,13H,3-4,7-12,17H2. The summed E-state index contributed by atoms with van der Waals surface area (Å²) >= 11 is 0. The fraction of sp³-hybridized carbons (Fsp3) is 0.562. The molecule has 2 heterocycles. The van der Waals surface area contributed by atoms with E-state index in [4.69, 9.17) is 5.73 Å². The van der Waals surface area contributed by atoms with Crippen LogP contribution in [0.2, 0.25) is 0 Å². The van der Waals surface area contributed by atoms with E-state index in [0.717, 1.165) is 57.5 Å². The molecule has 0 atom stereocenters. The number of hydrogen-bond donors (Lipinski definition) is 1. The topological polar surface area (TPSA) is 49.6 Å². The van der Waals surface area contributed by atoms with Crippen LogP contribution in [0.1, 0.15) is 37.2 Å². The zero-order valence-electron chi connectivity index (χ0n) is 11.9. The molecule has 108 valence electrons. The number of hydrogen-bond acceptors (Lipinski definition) is 2. The molecule has 0 spiro atoms. The third kappa shape index (κ3) is 2.60. The van der Waals surface area contributed by atoms with E-state index in [0.29, 0.717) is 5.92 Å². The quantitative estimate of drug-likeness (QED) is 0.800. The first-order chi connectivity index (χ1) is 9.75. The van der Waals surface area contributed by atoms with Gasteiger partial charge >= 0.3 is 6.03 Å². The van der Waals surface area contributed by atoms with Gasteiger partial charge in [-0.15, -0.1) is 0 Å². The lowest BCUT2D eigenvalue weighted by atomic mass is 9.88. The maximum atomic E-state index is 12.3. The molecule has 0 aromatic heterocycles. The van der Waals surface area contributed by atoms with Crippen molar-refractivity contribution in [3.05, 3.63) is 29.8 Å². The molecule has 0 aliphatic carbocycles. The van der Waals surface area contributed by atoms with Gasteiger partial charge in [0.05, 0.1) is 0 Å². The van der Waals surface area contributed by atoms with Gasteiger partial charge in [0.25, 0.3) is 0 Å².